The lowest BCUT2D eigenvalue weighted by atomic mass is 10.0. The number of nitrogens with zero attached hydrogens (tertiary/aromatic N) is 2. The minimum absolute atomic E-state index is 0.158. The van der Waals surface area contributed by atoms with Gasteiger partial charge in [-0.25, -0.2) is 8.42 Å². The van der Waals surface area contributed by atoms with Crippen molar-refractivity contribution in [3.05, 3.63) is 0 Å². The highest BCUT2D eigenvalue weighted by Gasteiger charge is 2.44. The number of hydrogen-bond acceptors (Lipinski definition) is 3. The molecule has 0 bridgehead atoms. The van der Waals surface area contributed by atoms with Gasteiger partial charge >= 0.3 is 0 Å². The topological polar surface area (TPSA) is 57.7 Å². The predicted octanol–water partition coefficient (Wildman–Crippen LogP) is -0.501. The lowest BCUT2D eigenvalue weighted by Crippen LogP contribution is -2.63. The summed E-state index contributed by atoms with van der Waals surface area (Å²) in [5.74, 6) is -0.158. The van der Waals surface area contributed by atoms with Crippen molar-refractivity contribution in [2.45, 2.75) is 19.4 Å². The van der Waals surface area contributed by atoms with Crippen molar-refractivity contribution in [3.63, 3.8) is 0 Å². The minimum atomic E-state index is -3.30. The molecule has 1 heterocycles. The van der Waals surface area contributed by atoms with Crippen molar-refractivity contribution in [1.29, 1.82) is 0 Å². The molecular weight excluding hydrogens is 204 g/mol. The second-order valence-electron chi connectivity index (χ2n) is 4.12. The third kappa shape index (κ3) is 1.76. The third-order valence-electron chi connectivity index (χ3n) is 2.53. The van der Waals surface area contributed by atoms with Crippen LogP contribution in [0.2, 0.25) is 0 Å². The van der Waals surface area contributed by atoms with Gasteiger partial charge in [-0.05, 0) is 13.8 Å². The van der Waals surface area contributed by atoms with Gasteiger partial charge in [0.1, 0.15) is 5.54 Å². The van der Waals surface area contributed by atoms with E-state index in [2.05, 4.69) is 0 Å². The molecule has 5 nitrogen and oxygen atoms in total. The third-order valence-corrected chi connectivity index (χ3v) is 3.97. The Morgan fingerprint density at radius 3 is 2.21 bits per heavy atom. The van der Waals surface area contributed by atoms with E-state index in [1.165, 1.54) is 4.31 Å². The number of carbonyl (C=O) groups excluding carboxylic acids is 1. The Labute approximate surface area is 84.7 Å². The molecule has 1 aliphatic rings. The first-order valence-corrected chi connectivity index (χ1v) is 6.25. The second-order valence-corrected chi connectivity index (χ2v) is 6.03. The van der Waals surface area contributed by atoms with Crippen LogP contribution in [-0.4, -0.2) is 55.5 Å². The standard InChI is InChI=1S/C8H16N2O3S/c1-8(2)7(11)9(3)5-6-10(8)14(4,12)13/h5-6H2,1-4H3. The van der Waals surface area contributed by atoms with Crippen LogP contribution in [0.5, 0.6) is 0 Å². The highest BCUT2D eigenvalue weighted by molar-refractivity contribution is 7.88. The normalized spacial score (nSPS) is 24.0. The molecule has 1 aliphatic heterocycles. The van der Waals surface area contributed by atoms with Gasteiger partial charge in [0.2, 0.25) is 15.9 Å². The Hall–Kier alpha value is -0.620. The first kappa shape index (κ1) is 11.5. The van der Waals surface area contributed by atoms with E-state index in [1.54, 1.807) is 25.8 Å². The van der Waals surface area contributed by atoms with Crippen molar-refractivity contribution < 1.29 is 13.2 Å². The van der Waals surface area contributed by atoms with E-state index in [0.717, 1.165) is 6.26 Å². The van der Waals surface area contributed by atoms with Crippen LogP contribution in [0.4, 0.5) is 0 Å². The van der Waals surface area contributed by atoms with Crippen LogP contribution in [0.1, 0.15) is 13.8 Å². The monoisotopic (exact) mass is 220 g/mol. The molecule has 1 saturated heterocycles. The molecular formula is C8H16N2O3S. The zero-order valence-electron chi connectivity index (χ0n) is 8.94. The van der Waals surface area contributed by atoms with Gasteiger partial charge in [0.25, 0.3) is 0 Å². The van der Waals surface area contributed by atoms with Crippen molar-refractivity contribution in [2.24, 2.45) is 0 Å². The maximum Gasteiger partial charge on any atom is 0.243 e. The molecule has 1 fully saturated rings. The largest absolute Gasteiger partial charge is 0.343 e. The number of rotatable bonds is 1. The summed E-state index contributed by atoms with van der Waals surface area (Å²) in [4.78, 5) is 13.3. The van der Waals surface area contributed by atoms with E-state index in [-0.39, 0.29) is 5.91 Å². The number of hydrogen-bond donors (Lipinski definition) is 0. The molecule has 0 N–H and O–H groups in total. The number of carbonyl (C=O) groups is 1. The number of amides is 1. The molecule has 0 radical (unpaired) electrons. The van der Waals surface area contributed by atoms with E-state index in [4.69, 9.17) is 0 Å². The van der Waals surface area contributed by atoms with Gasteiger partial charge in [-0.15, -0.1) is 0 Å². The number of sulfonamides is 1. The average molecular weight is 220 g/mol. The fourth-order valence-corrected chi connectivity index (χ4v) is 3.10. The fourth-order valence-electron chi connectivity index (χ4n) is 1.78. The van der Waals surface area contributed by atoms with Crippen LogP contribution in [-0.2, 0) is 14.8 Å². The predicted molar refractivity (Wildman–Crippen MR) is 53.3 cm³/mol. The molecule has 0 saturated carbocycles. The molecule has 14 heavy (non-hydrogen) atoms. The Bertz CT molecular complexity index is 348. The molecule has 1 amide bonds. The van der Waals surface area contributed by atoms with Gasteiger partial charge in [0.15, 0.2) is 0 Å². The average Bonchev–Trinajstić information content (AvgIpc) is 1.97. The Balaban J connectivity index is 3.08. The summed E-state index contributed by atoms with van der Waals surface area (Å²) in [6, 6.07) is 0. The maximum absolute atomic E-state index is 11.7. The molecule has 0 spiro atoms. The summed E-state index contributed by atoms with van der Waals surface area (Å²) in [6.07, 6.45) is 1.13. The van der Waals surface area contributed by atoms with E-state index in [1.807, 2.05) is 0 Å². The number of likely N-dealkylation sites (N-methyl/N-ethyl adjacent to an activating group) is 1. The molecule has 0 unspecified atom stereocenters. The van der Waals surface area contributed by atoms with E-state index in [0.29, 0.717) is 13.1 Å². The van der Waals surface area contributed by atoms with Gasteiger partial charge in [-0.3, -0.25) is 4.79 Å². The smallest absolute Gasteiger partial charge is 0.243 e. The van der Waals surface area contributed by atoms with Crippen LogP contribution < -0.4 is 0 Å². The second kappa shape index (κ2) is 3.20. The van der Waals surface area contributed by atoms with Crippen LogP contribution in [0.25, 0.3) is 0 Å². The van der Waals surface area contributed by atoms with E-state index < -0.39 is 15.6 Å². The van der Waals surface area contributed by atoms with Gasteiger partial charge in [0.05, 0.1) is 6.26 Å². The van der Waals surface area contributed by atoms with Gasteiger partial charge in [-0.1, -0.05) is 0 Å². The molecule has 0 aromatic carbocycles. The summed E-state index contributed by atoms with van der Waals surface area (Å²) < 4.78 is 24.1. The van der Waals surface area contributed by atoms with Crippen LogP contribution in [0.15, 0.2) is 0 Å². The van der Waals surface area contributed by atoms with Crippen molar-refractivity contribution in [1.82, 2.24) is 9.21 Å². The zero-order chi connectivity index (χ0) is 11.1. The number of piperazine rings is 1. The molecule has 0 aromatic rings. The van der Waals surface area contributed by atoms with E-state index >= 15 is 0 Å². The zero-order valence-corrected chi connectivity index (χ0v) is 9.76. The van der Waals surface area contributed by atoms with Gasteiger partial charge < -0.3 is 4.90 Å². The summed E-state index contributed by atoms with van der Waals surface area (Å²) in [6.45, 7) is 4.08. The molecule has 1 rings (SSSR count). The molecule has 0 aromatic heterocycles. The fraction of sp³-hybridized carbons (Fsp3) is 0.875. The summed E-state index contributed by atoms with van der Waals surface area (Å²) in [5.41, 5.74) is -0.958. The summed E-state index contributed by atoms with van der Waals surface area (Å²) in [5, 5.41) is 0. The first-order chi connectivity index (χ1) is 6.17. The first-order valence-electron chi connectivity index (χ1n) is 4.41. The summed E-state index contributed by atoms with van der Waals surface area (Å²) in [7, 11) is -1.62. The lowest BCUT2D eigenvalue weighted by Gasteiger charge is -2.42. The van der Waals surface area contributed by atoms with Crippen LogP contribution >= 0.6 is 0 Å². The lowest BCUT2D eigenvalue weighted by molar-refractivity contribution is -0.142. The van der Waals surface area contributed by atoms with E-state index in [9.17, 15) is 13.2 Å². The van der Waals surface area contributed by atoms with Gasteiger partial charge in [0, 0.05) is 20.1 Å². The van der Waals surface area contributed by atoms with Crippen molar-refractivity contribution in [2.75, 3.05) is 26.4 Å². The molecule has 0 aliphatic carbocycles. The highest BCUT2D eigenvalue weighted by atomic mass is 32.2. The summed E-state index contributed by atoms with van der Waals surface area (Å²) >= 11 is 0. The quantitative estimate of drug-likeness (QED) is 0.598. The van der Waals surface area contributed by atoms with Crippen LogP contribution in [0.3, 0.4) is 0 Å². The Morgan fingerprint density at radius 2 is 1.79 bits per heavy atom. The molecule has 0 atom stereocenters. The van der Waals surface area contributed by atoms with Crippen molar-refractivity contribution >= 4 is 15.9 Å². The molecule has 6 heteroatoms. The van der Waals surface area contributed by atoms with Gasteiger partial charge in [-0.2, -0.15) is 4.31 Å². The maximum atomic E-state index is 11.7. The highest BCUT2D eigenvalue weighted by Crippen LogP contribution is 2.23. The van der Waals surface area contributed by atoms with Crippen LogP contribution in [0, 0.1) is 0 Å². The van der Waals surface area contributed by atoms with Crippen molar-refractivity contribution in [3.8, 4) is 0 Å². The SMILES string of the molecule is CN1CCN(S(C)(=O)=O)C(C)(C)C1=O. The minimum Gasteiger partial charge on any atom is -0.343 e. The molecule has 82 valence electrons. The Morgan fingerprint density at radius 1 is 1.29 bits per heavy atom. The Kier molecular flexibility index (Phi) is 2.62.